The first-order chi connectivity index (χ1) is 9.27. The molecule has 0 unspecified atom stereocenters. The lowest BCUT2D eigenvalue weighted by Gasteiger charge is -2.37. The van der Waals surface area contributed by atoms with E-state index in [-0.39, 0.29) is 23.8 Å². The van der Waals surface area contributed by atoms with Gasteiger partial charge < -0.3 is 15.5 Å². The zero-order chi connectivity index (χ0) is 15.3. The van der Waals surface area contributed by atoms with E-state index >= 15 is 0 Å². The summed E-state index contributed by atoms with van der Waals surface area (Å²) in [7, 11) is 0. The number of carbonyl (C=O) groups is 2. The summed E-state index contributed by atoms with van der Waals surface area (Å²) in [4.78, 5) is 26.0. The van der Waals surface area contributed by atoms with Crippen molar-refractivity contribution in [1.29, 1.82) is 0 Å². The van der Waals surface area contributed by atoms with Gasteiger partial charge in [0.15, 0.2) is 0 Å². The van der Waals surface area contributed by atoms with Crippen molar-refractivity contribution in [2.24, 2.45) is 5.92 Å². The number of nitrogens with one attached hydrogen (secondary N) is 2. The van der Waals surface area contributed by atoms with Gasteiger partial charge in [0.05, 0.1) is 5.54 Å². The highest BCUT2D eigenvalue weighted by molar-refractivity contribution is 5.85. The van der Waals surface area contributed by atoms with Crippen molar-refractivity contribution in [3.05, 3.63) is 0 Å². The van der Waals surface area contributed by atoms with Gasteiger partial charge in [-0.05, 0) is 33.2 Å². The first-order valence-corrected chi connectivity index (χ1v) is 7.62. The van der Waals surface area contributed by atoms with Crippen LogP contribution in [-0.2, 0) is 9.59 Å². The maximum atomic E-state index is 12.4. The highest BCUT2D eigenvalue weighted by Crippen LogP contribution is 2.16. The fourth-order valence-corrected chi connectivity index (χ4v) is 2.51. The number of nitrogens with zero attached hydrogens (tertiary/aromatic N) is 1. The molecule has 2 amide bonds. The Kier molecular flexibility index (Phi) is 5.99. The monoisotopic (exact) mass is 283 g/mol. The molecule has 1 heterocycles. The topological polar surface area (TPSA) is 61.4 Å². The third-order valence-electron chi connectivity index (χ3n) is 3.81. The Morgan fingerprint density at radius 3 is 2.25 bits per heavy atom. The van der Waals surface area contributed by atoms with E-state index in [9.17, 15) is 9.59 Å². The van der Waals surface area contributed by atoms with Crippen LogP contribution in [0.1, 0.15) is 47.5 Å². The zero-order valence-corrected chi connectivity index (χ0v) is 13.5. The van der Waals surface area contributed by atoms with Crippen molar-refractivity contribution in [1.82, 2.24) is 15.5 Å². The largest absolute Gasteiger partial charge is 0.353 e. The summed E-state index contributed by atoms with van der Waals surface area (Å²) >= 11 is 0. The average Bonchev–Trinajstić information content (AvgIpc) is 2.38. The molecule has 0 saturated carbocycles. The van der Waals surface area contributed by atoms with E-state index in [4.69, 9.17) is 0 Å². The van der Waals surface area contributed by atoms with Crippen molar-refractivity contribution in [2.75, 3.05) is 19.6 Å². The summed E-state index contributed by atoms with van der Waals surface area (Å²) in [6.45, 7) is 11.9. The minimum absolute atomic E-state index is 0.0161. The quantitative estimate of drug-likeness (QED) is 0.795. The molecule has 20 heavy (non-hydrogen) atoms. The number of likely N-dealkylation sites (tertiary alicyclic amines) is 1. The maximum Gasteiger partial charge on any atom is 0.242 e. The molecule has 0 bridgehead atoms. The third kappa shape index (κ3) is 4.47. The van der Waals surface area contributed by atoms with E-state index in [1.54, 1.807) is 0 Å². The van der Waals surface area contributed by atoms with Crippen LogP contribution in [0.2, 0.25) is 0 Å². The van der Waals surface area contributed by atoms with E-state index in [1.165, 1.54) is 0 Å². The summed E-state index contributed by atoms with van der Waals surface area (Å²) in [5, 5.41) is 6.27. The Labute approximate surface area is 122 Å². The summed E-state index contributed by atoms with van der Waals surface area (Å²) < 4.78 is 0. The molecular weight excluding hydrogens is 254 g/mol. The second kappa shape index (κ2) is 7.07. The van der Waals surface area contributed by atoms with Crippen LogP contribution in [0, 0.1) is 5.92 Å². The van der Waals surface area contributed by atoms with E-state index < -0.39 is 5.54 Å². The van der Waals surface area contributed by atoms with Gasteiger partial charge in [0.2, 0.25) is 11.8 Å². The summed E-state index contributed by atoms with van der Waals surface area (Å²) in [6, 6.07) is 0.205. The molecule has 1 aliphatic rings. The fraction of sp³-hybridized carbons (Fsp3) is 0.867. The Hall–Kier alpha value is -1.10. The predicted octanol–water partition coefficient (Wildman–Crippen LogP) is 1.14. The molecule has 1 aliphatic heterocycles. The highest BCUT2D eigenvalue weighted by Gasteiger charge is 2.33. The average molecular weight is 283 g/mol. The molecule has 1 saturated heterocycles. The summed E-state index contributed by atoms with van der Waals surface area (Å²) in [6.07, 6.45) is 1.68. The van der Waals surface area contributed by atoms with Crippen LogP contribution in [-0.4, -0.2) is 47.9 Å². The van der Waals surface area contributed by atoms with Crippen molar-refractivity contribution in [3.8, 4) is 0 Å². The van der Waals surface area contributed by atoms with Gasteiger partial charge in [-0.25, -0.2) is 0 Å². The number of hydrogen-bond donors (Lipinski definition) is 2. The predicted molar refractivity (Wildman–Crippen MR) is 80.3 cm³/mol. The summed E-state index contributed by atoms with van der Waals surface area (Å²) in [5.74, 6) is 0.262. The van der Waals surface area contributed by atoms with Crippen LogP contribution in [0.25, 0.3) is 0 Å². The lowest BCUT2D eigenvalue weighted by Crippen LogP contribution is -2.57. The minimum Gasteiger partial charge on any atom is -0.353 e. The second-order valence-electron chi connectivity index (χ2n) is 6.39. The molecule has 1 fully saturated rings. The van der Waals surface area contributed by atoms with E-state index in [1.807, 2.05) is 39.5 Å². The highest BCUT2D eigenvalue weighted by atomic mass is 16.2. The Morgan fingerprint density at radius 2 is 1.80 bits per heavy atom. The fourth-order valence-electron chi connectivity index (χ4n) is 2.51. The summed E-state index contributed by atoms with van der Waals surface area (Å²) in [5.41, 5.74) is -0.511. The molecular formula is C15H29N3O2. The molecule has 0 aromatic heterocycles. The van der Waals surface area contributed by atoms with E-state index in [2.05, 4.69) is 10.6 Å². The van der Waals surface area contributed by atoms with Gasteiger partial charge in [-0.2, -0.15) is 0 Å². The van der Waals surface area contributed by atoms with E-state index in [0.29, 0.717) is 0 Å². The lowest BCUT2D eigenvalue weighted by molar-refractivity contribution is -0.138. The van der Waals surface area contributed by atoms with Gasteiger partial charge in [-0.1, -0.05) is 20.8 Å². The Balaban J connectivity index is 2.46. The molecule has 0 aliphatic carbocycles. The third-order valence-corrected chi connectivity index (χ3v) is 3.81. The number of piperidine rings is 1. The first-order valence-electron chi connectivity index (χ1n) is 7.62. The molecule has 2 N–H and O–H groups in total. The van der Waals surface area contributed by atoms with Gasteiger partial charge in [0.25, 0.3) is 0 Å². The van der Waals surface area contributed by atoms with Gasteiger partial charge >= 0.3 is 0 Å². The standard InChI is InChI=1S/C15H29N3O2/c1-6-16-15(4,5)14(20)18-9-7-12(8-10-18)17-13(19)11(2)3/h11-12,16H,6-10H2,1-5H3,(H,17,19). The normalized spacial score (nSPS) is 17.4. The number of rotatable bonds is 5. The molecule has 0 radical (unpaired) electrons. The molecule has 0 aromatic rings. The van der Waals surface area contributed by atoms with Gasteiger partial charge in [-0.3, -0.25) is 9.59 Å². The van der Waals surface area contributed by atoms with Crippen LogP contribution in [0.5, 0.6) is 0 Å². The molecule has 0 atom stereocenters. The van der Waals surface area contributed by atoms with Crippen LogP contribution < -0.4 is 10.6 Å². The lowest BCUT2D eigenvalue weighted by atomic mass is 9.98. The van der Waals surface area contributed by atoms with Crippen LogP contribution in [0.4, 0.5) is 0 Å². The number of carbonyl (C=O) groups excluding carboxylic acids is 2. The number of amides is 2. The minimum atomic E-state index is -0.511. The number of hydrogen-bond acceptors (Lipinski definition) is 3. The van der Waals surface area contributed by atoms with Crippen molar-refractivity contribution in [2.45, 2.75) is 59.0 Å². The molecule has 1 rings (SSSR count). The zero-order valence-electron chi connectivity index (χ0n) is 13.5. The van der Waals surface area contributed by atoms with Crippen LogP contribution >= 0.6 is 0 Å². The van der Waals surface area contributed by atoms with E-state index in [0.717, 1.165) is 32.5 Å². The SMILES string of the molecule is CCNC(C)(C)C(=O)N1CCC(NC(=O)C(C)C)CC1. The Morgan fingerprint density at radius 1 is 1.25 bits per heavy atom. The molecule has 116 valence electrons. The van der Waals surface area contributed by atoms with Gasteiger partial charge in [0.1, 0.15) is 0 Å². The second-order valence-corrected chi connectivity index (χ2v) is 6.39. The van der Waals surface area contributed by atoms with Crippen LogP contribution in [0.3, 0.4) is 0 Å². The number of likely N-dealkylation sites (N-methyl/N-ethyl adjacent to an activating group) is 1. The van der Waals surface area contributed by atoms with Gasteiger partial charge in [0, 0.05) is 25.0 Å². The molecule has 5 nitrogen and oxygen atoms in total. The smallest absolute Gasteiger partial charge is 0.242 e. The Bertz CT molecular complexity index is 345. The van der Waals surface area contributed by atoms with Crippen molar-refractivity contribution >= 4 is 11.8 Å². The maximum absolute atomic E-state index is 12.4. The van der Waals surface area contributed by atoms with Crippen molar-refractivity contribution < 1.29 is 9.59 Å². The van der Waals surface area contributed by atoms with Crippen molar-refractivity contribution in [3.63, 3.8) is 0 Å². The molecule has 5 heteroatoms. The first kappa shape index (κ1) is 17.0. The molecule has 0 aromatic carbocycles. The van der Waals surface area contributed by atoms with Crippen LogP contribution in [0.15, 0.2) is 0 Å². The molecule has 0 spiro atoms. The van der Waals surface area contributed by atoms with Gasteiger partial charge in [-0.15, -0.1) is 0 Å².